The first-order chi connectivity index (χ1) is 9.08. The van der Waals surface area contributed by atoms with E-state index >= 15 is 0 Å². The predicted octanol–water partition coefficient (Wildman–Crippen LogP) is 3.06. The number of carbonyl (C=O) groups excluding carboxylic acids is 1. The highest BCUT2D eigenvalue weighted by atomic mass is 16.1. The van der Waals surface area contributed by atoms with Crippen molar-refractivity contribution in [3.05, 3.63) is 29.3 Å². The Morgan fingerprint density at radius 2 is 2.00 bits per heavy atom. The molecule has 0 bridgehead atoms. The molecule has 3 nitrogen and oxygen atoms in total. The molecule has 0 aromatic heterocycles. The average molecular weight is 260 g/mol. The minimum atomic E-state index is 0.0173. The van der Waals surface area contributed by atoms with Crippen LogP contribution in [-0.4, -0.2) is 19.0 Å². The zero-order valence-corrected chi connectivity index (χ0v) is 12.1. The fraction of sp³-hybridized carbons (Fsp3) is 0.562. The maximum Gasteiger partial charge on any atom is 0.226 e. The van der Waals surface area contributed by atoms with E-state index in [1.165, 1.54) is 24.0 Å². The number of anilines is 1. The molecule has 104 valence electrons. The van der Waals surface area contributed by atoms with Gasteiger partial charge in [0.15, 0.2) is 0 Å². The third-order valence-electron chi connectivity index (χ3n) is 3.85. The van der Waals surface area contributed by atoms with Crippen LogP contribution in [0.15, 0.2) is 18.2 Å². The highest BCUT2D eigenvalue weighted by molar-refractivity contribution is 5.92. The van der Waals surface area contributed by atoms with Crippen LogP contribution in [0, 0.1) is 12.8 Å². The number of hydrogen-bond donors (Lipinski definition) is 2. The van der Waals surface area contributed by atoms with Crippen LogP contribution in [0.3, 0.4) is 0 Å². The van der Waals surface area contributed by atoms with Crippen LogP contribution in [0.2, 0.25) is 0 Å². The highest BCUT2D eigenvalue weighted by Crippen LogP contribution is 2.30. The molecular formula is C16H24N2O. The lowest BCUT2D eigenvalue weighted by Crippen LogP contribution is -2.27. The van der Waals surface area contributed by atoms with E-state index in [-0.39, 0.29) is 11.8 Å². The lowest BCUT2D eigenvalue weighted by atomic mass is 9.87. The summed E-state index contributed by atoms with van der Waals surface area (Å²) in [5.74, 6) is 0.723. The summed E-state index contributed by atoms with van der Waals surface area (Å²) >= 11 is 0. The molecule has 1 aliphatic rings. The van der Waals surface area contributed by atoms with Gasteiger partial charge in [0.1, 0.15) is 0 Å². The fourth-order valence-corrected chi connectivity index (χ4v) is 2.58. The molecular weight excluding hydrogens is 236 g/mol. The van der Waals surface area contributed by atoms with Crippen molar-refractivity contribution in [2.45, 2.75) is 39.5 Å². The van der Waals surface area contributed by atoms with Gasteiger partial charge in [0.2, 0.25) is 5.91 Å². The molecule has 0 aliphatic carbocycles. The van der Waals surface area contributed by atoms with Crippen LogP contribution >= 0.6 is 0 Å². The molecule has 0 spiro atoms. The molecule has 0 saturated carbocycles. The van der Waals surface area contributed by atoms with Gasteiger partial charge in [-0.25, -0.2) is 0 Å². The normalized spacial score (nSPS) is 16.6. The third kappa shape index (κ3) is 3.57. The van der Waals surface area contributed by atoms with Gasteiger partial charge in [0.05, 0.1) is 0 Å². The minimum absolute atomic E-state index is 0.0173. The number of piperidine rings is 1. The molecule has 0 radical (unpaired) electrons. The molecule has 1 aromatic rings. The molecule has 0 unspecified atom stereocenters. The van der Waals surface area contributed by atoms with E-state index in [9.17, 15) is 4.79 Å². The summed E-state index contributed by atoms with van der Waals surface area (Å²) in [5.41, 5.74) is 3.65. The maximum absolute atomic E-state index is 11.8. The Bertz CT molecular complexity index is 448. The summed E-state index contributed by atoms with van der Waals surface area (Å²) in [6, 6.07) is 6.28. The summed E-state index contributed by atoms with van der Waals surface area (Å²) in [6.45, 7) is 8.17. The second-order valence-electron chi connectivity index (χ2n) is 5.74. The predicted molar refractivity (Wildman–Crippen MR) is 79.5 cm³/mol. The molecule has 1 saturated heterocycles. The molecule has 1 aliphatic heterocycles. The zero-order chi connectivity index (χ0) is 13.8. The number of nitrogens with one attached hydrogen (secondary N) is 2. The van der Waals surface area contributed by atoms with Gasteiger partial charge in [-0.3, -0.25) is 4.79 Å². The number of amides is 1. The Hall–Kier alpha value is -1.35. The van der Waals surface area contributed by atoms with Crippen molar-refractivity contribution in [1.82, 2.24) is 5.32 Å². The van der Waals surface area contributed by atoms with Gasteiger partial charge < -0.3 is 10.6 Å². The number of hydrogen-bond acceptors (Lipinski definition) is 2. The standard InChI is InChI=1S/C16H24N2O/c1-11(2)16(19)18-14-5-4-12(3)15(10-14)13-6-8-17-9-7-13/h4-5,10-11,13,17H,6-9H2,1-3H3,(H,18,19). The van der Waals surface area contributed by atoms with Crippen molar-refractivity contribution < 1.29 is 4.79 Å². The van der Waals surface area contributed by atoms with Crippen molar-refractivity contribution in [2.75, 3.05) is 18.4 Å². The van der Waals surface area contributed by atoms with Gasteiger partial charge in [0, 0.05) is 11.6 Å². The Morgan fingerprint density at radius 3 is 2.63 bits per heavy atom. The van der Waals surface area contributed by atoms with E-state index < -0.39 is 0 Å². The molecule has 1 aromatic carbocycles. The van der Waals surface area contributed by atoms with E-state index in [1.807, 2.05) is 19.9 Å². The van der Waals surface area contributed by atoms with Gasteiger partial charge >= 0.3 is 0 Å². The van der Waals surface area contributed by atoms with E-state index in [0.29, 0.717) is 5.92 Å². The van der Waals surface area contributed by atoms with Crippen LogP contribution in [0.25, 0.3) is 0 Å². The summed E-state index contributed by atoms with van der Waals surface area (Å²) in [6.07, 6.45) is 2.37. The van der Waals surface area contributed by atoms with Gasteiger partial charge in [-0.2, -0.15) is 0 Å². The first kappa shape index (κ1) is 14.1. The topological polar surface area (TPSA) is 41.1 Å². The first-order valence-electron chi connectivity index (χ1n) is 7.20. The van der Waals surface area contributed by atoms with Crippen LogP contribution in [0.4, 0.5) is 5.69 Å². The second-order valence-corrected chi connectivity index (χ2v) is 5.74. The highest BCUT2D eigenvalue weighted by Gasteiger charge is 2.17. The molecule has 19 heavy (non-hydrogen) atoms. The number of aryl methyl sites for hydroxylation is 1. The largest absolute Gasteiger partial charge is 0.326 e. The first-order valence-corrected chi connectivity index (χ1v) is 7.20. The Morgan fingerprint density at radius 1 is 1.32 bits per heavy atom. The van der Waals surface area contributed by atoms with Gasteiger partial charge in [-0.1, -0.05) is 19.9 Å². The molecule has 1 heterocycles. The Kier molecular flexibility index (Phi) is 4.59. The zero-order valence-electron chi connectivity index (χ0n) is 12.1. The lowest BCUT2D eigenvalue weighted by Gasteiger charge is -2.25. The third-order valence-corrected chi connectivity index (χ3v) is 3.85. The smallest absolute Gasteiger partial charge is 0.226 e. The molecule has 3 heteroatoms. The molecule has 0 atom stereocenters. The SMILES string of the molecule is Cc1ccc(NC(=O)C(C)C)cc1C1CCNCC1. The van der Waals surface area contributed by atoms with Crippen molar-refractivity contribution in [2.24, 2.45) is 5.92 Å². The molecule has 2 rings (SSSR count). The van der Waals surface area contributed by atoms with E-state index in [0.717, 1.165) is 18.8 Å². The van der Waals surface area contributed by atoms with E-state index in [4.69, 9.17) is 0 Å². The van der Waals surface area contributed by atoms with Crippen LogP contribution in [-0.2, 0) is 4.79 Å². The number of carbonyl (C=O) groups is 1. The molecule has 1 fully saturated rings. The summed E-state index contributed by atoms with van der Waals surface area (Å²) in [4.78, 5) is 11.8. The van der Waals surface area contributed by atoms with Crippen LogP contribution in [0.5, 0.6) is 0 Å². The number of rotatable bonds is 3. The average Bonchev–Trinajstić information content (AvgIpc) is 2.41. The summed E-state index contributed by atoms with van der Waals surface area (Å²) in [7, 11) is 0. The lowest BCUT2D eigenvalue weighted by molar-refractivity contribution is -0.118. The van der Waals surface area contributed by atoms with Crippen molar-refractivity contribution in [3.8, 4) is 0 Å². The Labute approximate surface area is 115 Å². The second kappa shape index (κ2) is 6.20. The summed E-state index contributed by atoms with van der Waals surface area (Å²) < 4.78 is 0. The van der Waals surface area contributed by atoms with Crippen molar-refractivity contribution in [1.29, 1.82) is 0 Å². The van der Waals surface area contributed by atoms with Gasteiger partial charge in [-0.05, 0) is 62.0 Å². The molecule has 2 N–H and O–H groups in total. The van der Waals surface area contributed by atoms with Crippen LogP contribution in [0.1, 0.15) is 43.7 Å². The van der Waals surface area contributed by atoms with Crippen molar-refractivity contribution in [3.63, 3.8) is 0 Å². The quantitative estimate of drug-likeness (QED) is 0.877. The van der Waals surface area contributed by atoms with Gasteiger partial charge in [-0.15, -0.1) is 0 Å². The Balaban J connectivity index is 2.16. The molecule has 1 amide bonds. The number of benzene rings is 1. The van der Waals surface area contributed by atoms with Crippen LogP contribution < -0.4 is 10.6 Å². The van der Waals surface area contributed by atoms with Gasteiger partial charge in [0.25, 0.3) is 0 Å². The minimum Gasteiger partial charge on any atom is -0.326 e. The summed E-state index contributed by atoms with van der Waals surface area (Å²) in [5, 5.41) is 6.39. The van der Waals surface area contributed by atoms with Crippen molar-refractivity contribution >= 4 is 11.6 Å². The van der Waals surface area contributed by atoms with E-state index in [2.05, 4.69) is 29.7 Å². The maximum atomic E-state index is 11.8. The fourth-order valence-electron chi connectivity index (χ4n) is 2.58. The monoisotopic (exact) mass is 260 g/mol. The van der Waals surface area contributed by atoms with E-state index in [1.54, 1.807) is 0 Å².